The Labute approximate surface area is 100 Å². The van der Waals surface area contributed by atoms with Crippen molar-refractivity contribution in [2.75, 3.05) is 11.9 Å². The molecule has 2 aromatic rings. The molecule has 0 spiro atoms. The molecule has 17 heavy (non-hydrogen) atoms. The van der Waals surface area contributed by atoms with Crippen molar-refractivity contribution in [2.45, 2.75) is 19.9 Å². The molecule has 3 nitrogen and oxygen atoms in total. The molecule has 0 saturated heterocycles. The van der Waals surface area contributed by atoms with Gasteiger partial charge in [0.2, 0.25) is 5.95 Å². The van der Waals surface area contributed by atoms with Crippen LogP contribution in [-0.2, 0) is 6.54 Å². The van der Waals surface area contributed by atoms with Crippen molar-refractivity contribution in [2.24, 2.45) is 0 Å². The van der Waals surface area contributed by atoms with Crippen LogP contribution in [0.15, 0.2) is 36.7 Å². The number of hydrogen-bond donors (Lipinski definition) is 1. The van der Waals surface area contributed by atoms with Gasteiger partial charge < -0.3 is 9.88 Å². The number of imidazole rings is 1. The van der Waals surface area contributed by atoms with Crippen molar-refractivity contribution in [1.82, 2.24) is 9.55 Å². The predicted octanol–water partition coefficient (Wildman–Crippen LogP) is 2.89. The van der Waals surface area contributed by atoms with Gasteiger partial charge in [0.05, 0.1) is 6.54 Å². The molecule has 2 rings (SSSR count). The molecule has 0 atom stereocenters. The first-order valence-electron chi connectivity index (χ1n) is 5.79. The molecule has 0 aliphatic heterocycles. The number of rotatable bonds is 5. The number of nitrogens with one attached hydrogen (secondary N) is 1. The lowest BCUT2D eigenvalue weighted by Gasteiger charge is -2.09. The molecule has 4 heteroatoms. The van der Waals surface area contributed by atoms with Crippen LogP contribution in [0.5, 0.6) is 0 Å². The summed E-state index contributed by atoms with van der Waals surface area (Å²) >= 11 is 0. The Bertz CT molecular complexity index is 462. The van der Waals surface area contributed by atoms with E-state index in [4.69, 9.17) is 0 Å². The molecule has 0 bridgehead atoms. The van der Waals surface area contributed by atoms with E-state index in [2.05, 4.69) is 17.2 Å². The zero-order valence-corrected chi connectivity index (χ0v) is 9.86. The van der Waals surface area contributed by atoms with Crippen molar-refractivity contribution in [3.63, 3.8) is 0 Å². The molecule has 1 N–H and O–H groups in total. The highest BCUT2D eigenvalue weighted by Crippen LogP contribution is 2.10. The monoisotopic (exact) mass is 233 g/mol. The molecule has 0 saturated carbocycles. The first-order valence-corrected chi connectivity index (χ1v) is 5.79. The quantitative estimate of drug-likeness (QED) is 0.860. The van der Waals surface area contributed by atoms with Crippen LogP contribution in [0.25, 0.3) is 0 Å². The number of benzene rings is 1. The number of halogens is 1. The number of hydrogen-bond acceptors (Lipinski definition) is 2. The van der Waals surface area contributed by atoms with E-state index >= 15 is 0 Å². The average Bonchev–Trinajstić information content (AvgIpc) is 2.77. The third-order valence-corrected chi connectivity index (χ3v) is 2.51. The van der Waals surface area contributed by atoms with Gasteiger partial charge in [-0.3, -0.25) is 0 Å². The van der Waals surface area contributed by atoms with Gasteiger partial charge >= 0.3 is 0 Å². The Hall–Kier alpha value is -1.84. The lowest BCUT2D eigenvalue weighted by Crippen LogP contribution is -2.08. The molecule has 0 amide bonds. The van der Waals surface area contributed by atoms with Crippen LogP contribution in [0.4, 0.5) is 10.3 Å². The standard InChI is InChI=1S/C13H16FN3/c1-2-7-15-13-16-8-9-17(13)10-11-3-5-12(14)6-4-11/h3-6,8-9H,2,7,10H2,1H3,(H,15,16). The van der Waals surface area contributed by atoms with Crippen LogP contribution in [0, 0.1) is 5.82 Å². The molecule has 0 radical (unpaired) electrons. The maximum atomic E-state index is 12.8. The van der Waals surface area contributed by atoms with Crippen LogP contribution in [0.3, 0.4) is 0 Å². The second kappa shape index (κ2) is 5.48. The second-order valence-corrected chi connectivity index (χ2v) is 3.93. The lowest BCUT2D eigenvalue weighted by atomic mass is 10.2. The van der Waals surface area contributed by atoms with Crippen molar-refractivity contribution in [3.8, 4) is 0 Å². The number of aromatic nitrogens is 2. The fourth-order valence-corrected chi connectivity index (χ4v) is 1.63. The van der Waals surface area contributed by atoms with Gasteiger partial charge in [-0.05, 0) is 24.1 Å². The highest BCUT2D eigenvalue weighted by atomic mass is 19.1. The average molecular weight is 233 g/mol. The van der Waals surface area contributed by atoms with E-state index in [0.29, 0.717) is 6.54 Å². The summed E-state index contributed by atoms with van der Waals surface area (Å²) < 4.78 is 14.8. The van der Waals surface area contributed by atoms with Crippen LogP contribution >= 0.6 is 0 Å². The number of nitrogens with zero attached hydrogens (tertiary/aromatic N) is 2. The summed E-state index contributed by atoms with van der Waals surface area (Å²) in [6.45, 7) is 3.72. The van der Waals surface area contributed by atoms with Crippen molar-refractivity contribution < 1.29 is 4.39 Å². The lowest BCUT2D eigenvalue weighted by molar-refractivity contribution is 0.626. The molecule has 1 heterocycles. The maximum Gasteiger partial charge on any atom is 0.203 e. The summed E-state index contributed by atoms with van der Waals surface area (Å²) in [6.07, 6.45) is 4.74. The minimum Gasteiger partial charge on any atom is -0.356 e. The minimum absolute atomic E-state index is 0.205. The molecule has 90 valence electrons. The third kappa shape index (κ3) is 3.06. The molecular formula is C13H16FN3. The Morgan fingerprint density at radius 1 is 1.29 bits per heavy atom. The topological polar surface area (TPSA) is 29.9 Å². The van der Waals surface area contributed by atoms with Crippen LogP contribution < -0.4 is 5.32 Å². The van der Waals surface area contributed by atoms with E-state index in [1.165, 1.54) is 12.1 Å². The minimum atomic E-state index is -0.205. The van der Waals surface area contributed by atoms with Crippen LogP contribution in [0.1, 0.15) is 18.9 Å². The summed E-state index contributed by atoms with van der Waals surface area (Å²) in [5, 5.41) is 3.25. The summed E-state index contributed by atoms with van der Waals surface area (Å²) in [6, 6.07) is 6.54. The van der Waals surface area contributed by atoms with Gasteiger partial charge in [-0.1, -0.05) is 19.1 Å². The van der Waals surface area contributed by atoms with Gasteiger partial charge in [0.1, 0.15) is 5.82 Å². The van der Waals surface area contributed by atoms with E-state index in [-0.39, 0.29) is 5.82 Å². The zero-order chi connectivity index (χ0) is 12.1. The predicted molar refractivity (Wildman–Crippen MR) is 66.5 cm³/mol. The Balaban J connectivity index is 2.07. The molecule has 0 fully saturated rings. The van der Waals surface area contributed by atoms with Gasteiger partial charge in [0.25, 0.3) is 0 Å². The molecule has 0 aliphatic rings. The Morgan fingerprint density at radius 2 is 2.06 bits per heavy atom. The molecule has 0 aliphatic carbocycles. The van der Waals surface area contributed by atoms with Crippen molar-refractivity contribution in [1.29, 1.82) is 0 Å². The van der Waals surface area contributed by atoms with E-state index in [0.717, 1.165) is 24.5 Å². The third-order valence-electron chi connectivity index (χ3n) is 2.51. The fraction of sp³-hybridized carbons (Fsp3) is 0.308. The first kappa shape index (κ1) is 11.6. The smallest absolute Gasteiger partial charge is 0.203 e. The summed E-state index contributed by atoms with van der Waals surface area (Å²) in [5.41, 5.74) is 1.06. The van der Waals surface area contributed by atoms with Gasteiger partial charge in [-0.15, -0.1) is 0 Å². The zero-order valence-electron chi connectivity index (χ0n) is 9.86. The molecule has 1 aromatic heterocycles. The van der Waals surface area contributed by atoms with Crippen molar-refractivity contribution >= 4 is 5.95 Å². The molecule has 0 unspecified atom stereocenters. The summed E-state index contributed by atoms with van der Waals surface area (Å²) in [7, 11) is 0. The highest BCUT2D eigenvalue weighted by Gasteiger charge is 2.02. The Kier molecular flexibility index (Phi) is 3.75. The molecule has 1 aromatic carbocycles. The fourth-order valence-electron chi connectivity index (χ4n) is 1.63. The summed E-state index contributed by atoms with van der Waals surface area (Å²) in [4.78, 5) is 4.25. The van der Waals surface area contributed by atoms with E-state index in [1.54, 1.807) is 18.3 Å². The maximum absolute atomic E-state index is 12.8. The Morgan fingerprint density at radius 3 is 2.76 bits per heavy atom. The van der Waals surface area contributed by atoms with Crippen LogP contribution in [-0.4, -0.2) is 16.1 Å². The van der Waals surface area contributed by atoms with Crippen molar-refractivity contribution in [3.05, 3.63) is 48.0 Å². The van der Waals surface area contributed by atoms with Gasteiger partial charge in [-0.2, -0.15) is 0 Å². The van der Waals surface area contributed by atoms with E-state index in [1.807, 2.05) is 10.8 Å². The normalized spacial score (nSPS) is 10.5. The SMILES string of the molecule is CCCNc1nccn1Cc1ccc(F)cc1. The van der Waals surface area contributed by atoms with Gasteiger partial charge in [0.15, 0.2) is 0 Å². The first-order chi connectivity index (χ1) is 8.29. The molecular weight excluding hydrogens is 217 g/mol. The number of anilines is 1. The van der Waals surface area contributed by atoms with Crippen LogP contribution in [0.2, 0.25) is 0 Å². The van der Waals surface area contributed by atoms with Gasteiger partial charge in [-0.25, -0.2) is 9.37 Å². The largest absolute Gasteiger partial charge is 0.356 e. The second-order valence-electron chi connectivity index (χ2n) is 3.93. The van der Waals surface area contributed by atoms with Gasteiger partial charge in [0, 0.05) is 18.9 Å². The van der Waals surface area contributed by atoms with E-state index in [9.17, 15) is 4.39 Å². The summed E-state index contributed by atoms with van der Waals surface area (Å²) in [5.74, 6) is 0.653. The highest BCUT2D eigenvalue weighted by molar-refractivity contribution is 5.28. The van der Waals surface area contributed by atoms with E-state index < -0.39 is 0 Å².